The van der Waals surface area contributed by atoms with Crippen LogP contribution >= 0.6 is 0 Å². The van der Waals surface area contributed by atoms with Gasteiger partial charge in [0.15, 0.2) is 0 Å². The van der Waals surface area contributed by atoms with Gasteiger partial charge in [-0.05, 0) is 56.7 Å². The van der Waals surface area contributed by atoms with Gasteiger partial charge in [0.1, 0.15) is 11.5 Å². The number of para-hydroxylation sites is 1. The van der Waals surface area contributed by atoms with Crippen LogP contribution in [0.3, 0.4) is 0 Å². The Labute approximate surface area is 168 Å². The Kier molecular flexibility index (Phi) is 4.70. The number of carbonyl (C=O) groups is 1. The van der Waals surface area contributed by atoms with Crippen LogP contribution in [0.2, 0.25) is 0 Å². The maximum Gasteiger partial charge on any atom is 0.270 e. The summed E-state index contributed by atoms with van der Waals surface area (Å²) in [4.78, 5) is 17.7. The molecule has 1 amide bonds. The third kappa shape index (κ3) is 3.42. The molecule has 0 bridgehead atoms. The third-order valence-electron chi connectivity index (χ3n) is 5.34. The number of carbonyl (C=O) groups excluding carboxylic acids is 1. The van der Waals surface area contributed by atoms with Crippen molar-refractivity contribution in [3.8, 4) is 5.69 Å². The van der Waals surface area contributed by atoms with Gasteiger partial charge in [-0.15, -0.1) is 0 Å². The predicted octanol–water partition coefficient (Wildman–Crippen LogP) is 4.69. The van der Waals surface area contributed by atoms with Gasteiger partial charge in [0.05, 0.1) is 11.4 Å². The summed E-state index contributed by atoms with van der Waals surface area (Å²) in [6.45, 7) is 6.47. The molecule has 0 unspecified atom stereocenters. The molecule has 0 saturated carbocycles. The zero-order chi connectivity index (χ0) is 20.7. The van der Waals surface area contributed by atoms with Crippen molar-refractivity contribution in [3.05, 3.63) is 82.6 Å². The van der Waals surface area contributed by atoms with Crippen molar-refractivity contribution in [2.24, 2.45) is 0 Å². The minimum Gasteiger partial charge on any atom is -0.351 e. The third-order valence-corrected chi connectivity index (χ3v) is 5.34. The summed E-state index contributed by atoms with van der Waals surface area (Å²) in [5.41, 5.74) is 6.27. The highest BCUT2D eigenvalue weighted by molar-refractivity contribution is 5.97. The van der Waals surface area contributed by atoms with E-state index in [0.29, 0.717) is 17.6 Å². The first-order valence-electron chi connectivity index (χ1n) is 9.50. The highest BCUT2D eigenvalue weighted by Gasteiger charge is 2.20. The number of aromatic amines is 1. The van der Waals surface area contributed by atoms with Gasteiger partial charge in [-0.2, -0.15) is 5.10 Å². The van der Waals surface area contributed by atoms with Gasteiger partial charge in [-0.25, -0.2) is 9.07 Å². The monoisotopic (exact) mass is 390 g/mol. The second-order valence-corrected chi connectivity index (χ2v) is 7.42. The molecule has 4 rings (SSSR count). The number of aryl methyl sites for hydroxylation is 2. The first kappa shape index (κ1) is 18.9. The summed E-state index contributed by atoms with van der Waals surface area (Å²) >= 11 is 0. The minimum absolute atomic E-state index is 0.149. The Bertz CT molecular complexity index is 1220. The van der Waals surface area contributed by atoms with Gasteiger partial charge in [0.25, 0.3) is 5.91 Å². The number of hydrogen-bond donors (Lipinski definition) is 1. The number of hydrogen-bond acceptors (Lipinski definition) is 2. The molecular weight excluding hydrogens is 367 g/mol. The largest absolute Gasteiger partial charge is 0.351 e. The van der Waals surface area contributed by atoms with Crippen LogP contribution in [0.4, 0.5) is 4.39 Å². The molecule has 4 aromatic rings. The van der Waals surface area contributed by atoms with E-state index in [1.807, 2.05) is 36.7 Å². The van der Waals surface area contributed by atoms with E-state index in [2.05, 4.69) is 18.0 Å². The summed E-state index contributed by atoms with van der Waals surface area (Å²) < 4.78 is 15.4. The number of H-pyrrole nitrogens is 1. The number of nitrogens with zero attached hydrogens (tertiary/aromatic N) is 3. The summed E-state index contributed by atoms with van der Waals surface area (Å²) in [5.74, 6) is -0.470. The Morgan fingerprint density at radius 2 is 1.90 bits per heavy atom. The summed E-state index contributed by atoms with van der Waals surface area (Å²) in [6, 6.07) is 14.2. The molecule has 2 aromatic heterocycles. The predicted molar refractivity (Wildman–Crippen MR) is 112 cm³/mol. The number of aromatic nitrogens is 3. The van der Waals surface area contributed by atoms with Gasteiger partial charge >= 0.3 is 0 Å². The Hall–Kier alpha value is -3.41. The quantitative estimate of drug-likeness (QED) is 0.550. The van der Waals surface area contributed by atoms with Crippen molar-refractivity contribution in [2.75, 3.05) is 7.05 Å². The van der Waals surface area contributed by atoms with Crippen molar-refractivity contribution in [1.29, 1.82) is 0 Å². The molecule has 1 N–H and O–H groups in total. The maximum absolute atomic E-state index is 13.4. The summed E-state index contributed by atoms with van der Waals surface area (Å²) in [6.07, 6.45) is 0. The molecule has 0 radical (unpaired) electrons. The fourth-order valence-corrected chi connectivity index (χ4v) is 3.67. The zero-order valence-electron chi connectivity index (χ0n) is 17.0. The molecule has 0 fully saturated rings. The molecular formula is C23H23FN4O. The van der Waals surface area contributed by atoms with Crippen LogP contribution in [-0.2, 0) is 6.54 Å². The molecule has 0 saturated heterocycles. The minimum atomic E-state index is -0.321. The average molecular weight is 390 g/mol. The van der Waals surface area contributed by atoms with Crippen LogP contribution in [0.25, 0.3) is 16.6 Å². The highest BCUT2D eigenvalue weighted by atomic mass is 19.1. The van der Waals surface area contributed by atoms with E-state index in [4.69, 9.17) is 5.10 Å². The lowest BCUT2D eigenvalue weighted by molar-refractivity contribution is 0.0780. The lowest BCUT2D eigenvalue weighted by Crippen LogP contribution is -2.27. The van der Waals surface area contributed by atoms with Gasteiger partial charge in [-0.3, -0.25) is 4.79 Å². The van der Waals surface area contributed by atoms with E-state index in [9.17, 15) is 9.18 Å². The molecule has 2 aromatic carbocycles. The number of benzene rings is 2. The fraction of sp³-hybridized carbons (Fsp3) is 0.217. The SMILES string of the molecule is Cc1ccccc1-n1nc(C)c(CN(C)C(=O)c2cc3cc(F)ccc3[nH]2)c1C. The van der Waals surface area contributed by atoms with Crippen molar-refractivity contribution < 1.29 is 9.18 Å². The Morgan fingerprint density at radius 1 is 1.14 bits per heavy atom. The van der Waals surface area contributed by atoms with Gasteiger partial charge in [0.2, 0.25) is 0 Å². The second-order valence-electron chi connectivity index (χ2n) is 7.42. The first-order valence-corrected chi connectivity index (χ1v) is 9.50. The van der Waals surface area contributed by atoms with Crippen LogP contribution in [0.1, 0.15) is 33.0 Å². The normalized spacial score (nSPS) is 11.2. The van der Waals surface area contributed by atoms with Crippen molar-refractivity contribution >= 4 is 16.8 Å². The van der Waals surface area contributed by atoms with Crippen LogP contribution in [0, 0.1) is 26.6 Å². The van der Waals surface area contributed by atoms with Crippen LogP contribution in [0.15, 0.2) is 48.5 Å². The van der Waals surface area contributed by atoms with Crippen molar-refractivity contribution in [2.45, 2.75) is 27.3 Å². The van der Waals surface area contributed by atoms with E-state index in [0.717, 1.165) is 33.7 Å². The Balaban J connectivity index is 1.61. The smallest absolute Gasteiger partial charge is 0.270 e. The second kappa shape index (κ2) is 7.20. The molecule has 0 atom stereocenters. The van der Waals surface area contributed by atoms with Crippen LogP contribution in [-0.4, -0.2) is 32.6 Å². The van der Waals surface area contributed by atoms with E-state index < -0.39 is 0 Å². The van der Waals surface area contributed by atoms with Crippen LogP contribution in [0.5, 0.6) is 0 Å². The lowest BCUT2D eigenvalue weighted by Gasteiger charge is -2.17. The van der Waals surface area contributed by atoms with Crippen LogP contribution < -0.4 is 0 Å². The number of amides is 1. The van der Waals surface area contributed by atoms with E-state index >= 15 is 0 Å². The van der Waals surface area contributed by atoms with Crippen molar-refractivity contribution in [1.82, 2.24) is 19.7 Å². The van der Waals surface area contributed by atoms with Gasteiger partial charge in [-0.1, -0.05) is 18.2 Å². The molecule has 0 spiro atoms. The first-order chi connectivity index (χ1) is 13.8. The standard InChI is InChI=1S/C23H23FN4O/c1-14-7-5-6-8-22(14)28-16(3)19(15(2)26-28)13-27(4)23(29)21-12-17-11-18(24)9-10-20(17)25-21/h5-12,25H,13H2,1-4H3. The Morgan fingerprint density at radius 3 is 2.66 bits per heavy atom. The average Bonchev–Trinajstić information content (AvgIpc) is 3.23. The summed E-state index contributed by atoms with van der Waals surface area (Å²) in [7, 11) is 1.76. The van der Waals surface area contributed by atoms with E-state index in [1.54, 1.807) is 24.1 Å². The van der Waals surface area contributed by atoms with E-state index in [-0.39, 0.29) is 11.7 Å². The van der Waals surface area contributed by atoms with Gasteiger partial charge in [0, 0.05) is 35.8 Å². The lowest BCUT2D eigenvalue weighted by atomic mass is 10.1. The molecule has 0 aliphatic carbocycles. The molecule has 0 aliphatic rings. The number of halogens is 1. The molecule has 29 heavy (non-hydrogen) atoms. The molecule has 2 heterocycles. The number of fused-ring (bicyclic) bond motifs is 1. The van der Waals surface area contributed by atoms with Gasteiger partial charge < -0.3 is 9.88 Å². The number of rotatable bonds is 4. The zero-order valence-corrected chi connectivity index (χ0v) is 17.0. The van der Waals surface area contributed by atoms with E-state index in [1.165, 1.54) is 12.1 Å². The molecule has 148 valence electrons. The highest BCUT2D eigenvalue weighted by Crippen LogP contribution is 2.23. The van der Waals surface area contributed by atoms with Crippen molar-refractivity contribution in [3.63, 3.8) is 0 Å². The molecule has 5 nitrogen and oxygen atoms in total. The topological polar surface area (TPSA) is 53.9 Å². The fourth-order valence-electron chi connectivity index (χ4n) is 3.67. The maximum atomic E-state index is 13.4. The molecule has 6 heteroatoms. The number of nitrogens with one attached hydrogen (secondary N) is 1. The summed E-state index contributed by atoms with van der Waals surface area (Å²) in [5, 5.41) is 5.38. The molecule has 0 aliphatic heterocycles.